The van der Waals surface area contributed by atoms with Gasteiger partial charge in [0, 0.05) is 25.2 Å². The van der Waals surface area contributed by atoms with Gasteiger partial charge in [-0.1, -0.05) is 66.7 Å². The summed E-state index contributed by atoms with van der Waals surface area (Å²) < 4.78 is 11.7. The molecule has 8 nitrogen and oxygen atoms in total. The van der Waals surface area contributed by atoms with E-state index < -0.39 is 17.1 Å². The molecule has 0 saturated heterocycles. The third kappa shape index (κ3) is 6.21. The van der Waals surface area contributed by atoms with Crippen LogP contribution in [0.15, 0.2) is 93.4 Å². The highest BCUT2D eigenvalue weighted by Crippen LogP contribution is 2.29. The van der Waals surface area contributed by atoms with Gasteiger partial charge in [-0.25, -0.2) is 4.79 Å². The van der Waals surface area contributed by atoms with E-state index in [4.69, 9.17) is 9.47 Å². The summed E-state index contributed by atoms with van der Waals surface area (Å²) in [5, 5.41) is 10.8. The molecule has 196 valence electrons. The zero-order valence-corrected chi connectivity index (χ0v) is 21.5. The van der Waals surface area contributed by atoms with E-state index in [1.165, 1.54) is 17.3 Å². The number of aromatic amines is 1. The van der Waals surface area contributed by atoms with Crippen LogP contribution in [0.3, 0.4) is 0 Å². The number of methoxy groups -OCH3 is 2. The van der Waals surface area contributed by atoms with Crippen LogP contribution in [0.2, 0.25) is 0 Å². The standard InChI is InChI=1S/C30H31N3O5/c1-37-26-14-13-21(19-27(26)38-2)16-18-33-29(35)25(28(34)32-30(33)36)20-31-17-15-24(22-9-5-3-6-10-22)23-11-7-4-8-12-23/h3-14,19-20,24,35H,15-18H2,1-2H3,(H,32,34,36). The third-order valence-electron chi connectivity index (χ3n) is 6.45. The molecule has 0 fully saturated rings. The van der Waals surface area contributed by atoms with Crippen molar-refractivity contribution in [2.75, 3.05) is 20.8 Å². The smallest absolute Gasteiger partial charge is 0.331 e. The molecule has 4 aromatic rings. The van der Waals surface area contributed by atoms with Crippen molar-refractivity contribution in [2.45, 2.75) is 25.3 Å². The predicted octanol–water partition coefficient (Wildman–Crippen LogP) is 4.14. The number of aryl methyl sites for hydroxylation is 1. The van der Waals surface area contributed by atoms with E-state index in [-0.39, 0.29) is 18.0 Å². The van der Waals surface area contributed by atoms with Crippen LogP contribution in [0.1, 0.15) is 34.6 Å². The first kappa shape index (κ1) is 26.5. The third-order valence-corrected chi connectivity index (χ3v) is 6.45. The number of H-pyrrole nitrogens is 1. The van der Waals surface area contributed by atoms with Gasteiger partial charge in [-0.2, -0.15) is 0 Å². The highest BCUT2D eigenvalue weighted by molar-refractivity contribution is 5.81. The molecule has 0 bridgehead atoms. The van der Waals surface area contributed by atoms with Crippen LogP contribution in [0, 0.1) is 0 Å². The van der Waals surface area contributed by atoms with Gasteiger partial charge < -0.3 is 14.6 Å². The summed E-state index contributed by atoms with van der Waals surface area (Å²) in [5.74, 6) is 0.892. The molecule has 0 radical (unpaired) electrons. The molecule has 0 amide bonds. The molecule has 8 heteroatoms. The summed E-state index contributed by atoms with van der Waals surface area (Å²) in [6, 6.07) is 25.8. The Hall–Kier alpha value is -4.59. The Bertz CT molecular complexity index is 1450. The SMILES string of the molecule is COc1ccc(CCn2c(O)c(C=NCCC(c3ccccc3)c3ccccc3)c(=O)[nH]c2=O)cc1OC. The van der Waals surface area contributed by atoms with Gasteiger partial charge in [0.05, 0.1) is 14.2 Å². The van der Waals surface area contributed by atoms with E-state index in [1.54, 1.807) is 20.3 Å². The zero-order chi connectivity index (χ0) is 26.9. The molecule has 0 aliphatic carbocycles. The predicted molar refractivity (Wildman–Crippen MR) is 148 cm³/mol. The van der Waals surface area contributed by atoms with Crippen molar-refractivity contribution >= 4 is 6.21 Å². The topological polar surface area (TPSA) is 106 Å². The number of rotatable bonds is 11. The average Bonchev–Trinajstić information content (AvgIpc) is 2.95. The normalized spacial score (nSPS) is 11.2. The molecule has 0 aliphatic rings. The Labute approximate surface area is 220 Å². The second-order valence-corrected chi connectivity index (χ2v) is 8.79. The van der Waals surface area contributed by atoms with Crippen LogP contribution >= 0.6 is 0 Å². The lowest BCUT2D eigenvalue weighted by molar-refractivity contribution is 0.354. The minimum Gasteiger partial charge on any atom is -0.494 e. The first-order chi connectivity index (χ1) is 18.5. The maximum absolute atomic E-state index is 12.5. The van der Waals surface area contributed by atoms with Crippen LogP contribution in [-0.4, -0.2) is 41.6 Å². The summed E-state index contributed by atoms with van der Waals surface area (Å²) in [4.78, 5) is 31.6. The lowest BCUT2D eigenvalue weighted by atomic mass is 9.89. The Morgan fingerprint density at radius 2 is 1.55 bits per heavy atom. The Morgan fingerprint density at radius 3 is 2.16 bits per heavy atom. The molecule has 0 saturated carbocycles. The molecular formula is C30H31N3O5. The number of ether oxygens (including phenoxy) is 2. The first-order valence-corrected chi connectivity index (χ1v) is 12.4. The van der Waals surface area contributed by atoms with Crippen molar-refractivity contribution in [3.63, 3.8) is 0 Å². The molecule has 0 unspecified atom stereocenters. The summed E-state index contributed by atoms with van der Waals surface area (Å²) in [6.45, 7) is 0.583. The van der Waals surface area contributed by atoms with E-state index >= 15 is 0 Å². The van der Waals surface area contributed by atoms with Crippen molar-refractivity contribution in [3.8, 4) is 17.4 Å². The van der Waals surface area contributed by atoms with Gasteiger partial charge in [0.15, 0.2) is 11.5 Å². The van der Waals surface area contributed by atoms with Crippen LogP contribution in [0.5, 0.6) is 17.4 Å². The van der Waals surface area contributed by atoms with E-state index in [0.29, 0.717) is 30.9 Å². The molecular weight excluding hydrogens is 482 g/mol. The lowest BCUT2D eigenvalue weighted by Crippen LogP contribution is -2.32. The number of aliphatic imine (C=N–C) groups is 1. The fourth-order valence-corrected chi connectivity index (χ4v) is 4.43. The van der Waals surface area contributed by atoms with Crippen molar-refractivity contribution in [1.29, 1.82) is 0 Å². The molecule has 0 spiro atoms. The number of benzene rings is 3. The summed E-state index contributed by atoms with van der Waals surface area (Å²) in [6.07, 6.45) is 2.47. The minimum atomic E-state index is -0.682. The van der Waals surface area contributed by atoms with E-state index in [2.05, 4.69) is 34.2 Å². The molecule has 1 heterocycles. The van der Waals surface area contributed by atoms with Gasteiger partial charge in [-0.15, -0.1) is 0 Å². The fourth-order valence-electron chi connectivity index (χ4n) is 4.43. The molecule has 4 rings (SSSR count). The van der Waals surface area contributed by atoms with E-state index in [1.807, 2.05) is 48.5 Å². The number of aromatic nitrogens is 2. The van der Waals surface area contributed by atoms with Gasteiger partial charge in [0.2, 0.25) is 5.88 Å². The Morgan fingerprint density at radius 1 is 0.921 bits per heavy atom. The Balaban J connectivity index is 1.50. The second-order valence-electron chi connectivity index (χ2n) is 8.79. The number of nitrogens with zero attached hydrogens (tertiary/aromatic N) is 2. The number of hydrogen-bond acceptors (Lipinski definition) is 6. The monoisotopic (exact) mass is 513 g/mol. The van der Waals surface area contributed by atoms with Crippen LogP contribution < -0.4 is 20.7 Å². The van der Waals surface area contributed by atoms with E-state index in [0.717, 1.165) is 10.1 Å². The summed E-state index contributed by atoms with van der Waals surface area (Å²) >= 11 is 0. The highest BCUT2D eigenvalue weighted by atomic mass is 16.5. The first-order valence-electron chi connectivity index (χ1n) is 12.4. The lowest BCUT2D eigenvalue weighted by Gasteiger charge is -2.17. The van der Waals surface area contributed by atoms with Crippen LogP contribution in [0.25, 0.3) is 0 Å². The summed E-state index contributed by atoms with van der Waals surface area (Å²) in [7, 11) is 3.11. The van der Waals surface area contributed by atoms with Gasteiger partial charge >= 0.3 is 5.69 Å². The van der Waals surface area contributed by atoms with Gasteiger partial charge in [0.1, 0.15) is 5.56 Å². The zero-order valence-electron chi connectivity index (χ0n) is 21.5. The highest BCUT2D eigenvalue weighted by Gasteiger charge is 2.15. The molecule has 2 N–H and O–H groups in total. The maximum atomic E-state index is 12.5. The molecule has 38 heavy (non-hydrogen) atoms. The van der Waals surface area contributed by atoms with Crippen molar-refractivity contribution < 1.29 is 14.6 Å². The fraction of sp³-hybridized carbons (Fsp3) is 0.233. The molecule has 0 atom stereocenters. The molecule has 0 aliphatic heterocycles. The van der Waals surface area contributed by atoms with Crippen molar-refractivity contribution in [3.05, 3.63) is 122 Å². The largest absolute Gasteiger partial charge is 0.494 e. The van der Waals surface area contributed by atoms with Gasteiger partial charge in [-0.3, -0.25) is 19.3 Å². The minimum absolute atomic E-state index is 0.0483. The van der Waals surface area contributed by atoms with Crippen molar-refractivity contribution in [1.82, 2.24) is 9.55 Å². The average molecular weight is 514 g/mol. The second kappa shape index (κ2) is 12.6. The summed E-state index contributed by atoms with van der Waals surface area (Å²) in [5.41, 5.74) is 1.83. The van der Waals surface area contributed by atoms with Crippen LogP contribution in [0.4, 0.5) is 0 Å². The quantitative estimate of drug-likeness (QED) is 0.293. The maximum Gasteiger partial charge on any atom is 0.331 e. The Kier molecular flexibility index (Phi) is 8.77. The number of hydrogen-bond donors (Lipinski definition) is 2. The number of nitrogens with one attached hydrogen (secondary N) is 1. The van der Waals surface area contributed by atoms with Gasteiger partial charge in [-0.05, 0) is 41.7 Å². The van der Waals surface area contributed by atoms with Gasteiger partial charge in [0.25, 0.3) is 5.56 Å². The van der Waals surface area contributed by atoms with Crippen LogP contribution in [-0.2, 0) is 13.0 Å². The van der Waals surface area contributed by atoms with Crippen molar-refractivity contribution in [2.24, 2.45) is 4.99 Å². The van der Waals surface area contributed by atoms with E-state index in [9.17, 15) is 14.7 Å². The molecule has 3 aromatic carbocycles. The number of aromatic hydroxyl groups is 1. The molecule has 1 aromatic heterocycles.